The van der Waals surface area contributed by atoms with Gasteiger partial charge in [-0.25, -0.2) is 4.39 Å². The molecule has 1 aromatic carbocycles. The number of hydrogen-bond donors (Lipinski definition) is 2. The van der Waals surface area contributed by atoms with E-state index < -0.39 is 0 Å². The molecule has 1 aromatic heterocycles. The third-order valence-electron chi connectivity index (χ3n) is 2.48. The zero-order chi connectivity index (χ0) is 15.2. The first kappa shape index (κ1) is 15.7. The molecule has 2 aromatic rings. The van der Waals surface area contributed by atoms with Gasteiger partial charge < -0.3 is 10.6 Å². The molecule has 0 aliphatic carbocycles. The largest absolute Gasteiger partial charge is 0.355 e. The average molecular weight is 326 g/mol. The molecule has 0 radical (unpaired) electrons. The molecule has 0 unspecified atom stereocenters. The summed E-state index contributed by atoms with van der Waals surface area (Å²) in [6.45, 7) is 4.30. The second-order valence-electron chi connectivity index (χ2n) is 4.16. The van der Waals surface area contributed by atoms with Crippen LogP contribution in [0.15, 0.2) is 28.6 Å². The van der Waals surface area contributed by atoms with E-state index in [-0.39, 0.29) is 17.0 Å². The molecule has 8 heteroatoms. The van der Waals surface area contributed by atoms with E-state index in [0.717, 1.165) is 0 Å². The molecular formula is C13H15FN4OS2. The van der Waals surface area contributed by atoms with Crippen molar-refractivity contribution in [1.82, 2.24) is 15.5 Å². The van der Waals surface area contributed by atoms with Crippen LogP contribution in [0.4, 0.5) is 15.2 Å². The normalized spacial score (nSPS) is 12.0. The first-order chi connectivity index (χ1) is 10.1. The van der Waals surface area contributed by atoms with E-state index in [1.54, 1.807) is 12.1 Å². The summed E-state index contributed by atoms with van der Waals surface area (Å²) in [6.07, 6.45) is 0. The van der Waals surface area contributed by atoms with Gasteiger partial charge in [-0.05, 0) is 32.0 Å². The summed E-state index contributed by atoms with van der Waals surface area (Å²) >= 11 is 2.67. The fraction of sp³-hybridized carbons (Fsp3) is 0.308. The summed E-state index contributed by atoms with van der Waals surface area (Å²) in [7, 11) is 0. The van der Waals surface area contributed by atoms with Crippen LogP contribution in [0.1, 0.15) is 13.8 Å². The Morgan fingerprint density at radius 2 is 2.29 bits per heavy atom. The Labute approximate surface area is 130 Å². The number of benzene rings is 1. The van der Waals surface area contributed by atoms with E-state index in [2.05, 4.69) is 20.8 Å². The van der Waals surface area contributed by atoms with Crippen molar-refractivity contribution in [3.63, 3.8) is 0 Å². The Morgan fingerprint density at radius 1 is 1.48 bits per heavy atom. The predicted octanol–water partition coefficient (Wildman–Crippen LogP) is 3.04. The topological polar surface area (TPSA) is 66.9 Å². The molecule has 0 aliphatic heterocycles. The van der Waals surface area contributed by atoms with Crippen molar-refractivity contribution in [3.05, 3.63) is 30.1 Å². The monoisotopic (exact) mass is 326 g/mol. The standard InChI is InChI=1S/C13H15FN4OS2/c1-3-15-11(19)8(2)20-13-18-17-12(21-13)16-10-6-4-5-9(14)7-10/h4-8H,3H2,1-2H3,(H,15,19)(H,16,17)/t8-/m1/s1. The van der Waals surface area contributed by atoms with Crippen molar-refractivity contribution in [1.29, 1.82) is 0 Å². The number of rotatable bonds is 6. The highest BCUT2D eigenvalue weighted by atomic mass is 32.2. The highest BCUT2D eigenvalue weighted by Gasteiger charge is 2.16. The van der Waals surface area contributed by atoms with Crippen LogP contribution in [0.2, 0.25) is 0 Å². The molecule has 0 aliphatic rings. The Hall–Kier alpha value is -1.67. The lowest BCUT2D eigenvalue weighted by molar-refractivity contribution is -0.120. The predicted molar refractivity (Wildman–Crippen MR) is 83.6 cm³/mol. The van der Waals surface area contributed by atoms with E-state index >= 15 is 0 Å². The van der Waals surface area contributed by atoms with Gasteiger partial charge in [-0.3, -0.25) is 4.79 Å². The smallest absolute Gasteiger partial charge is 0.233 e. The van der Waals surface area contributed by atoms with Gasteiger partial charge >= 0.3 is 0 Å². The second kappa shape index (κ2) is 7.37. The molecule has 2 N–H and O–H groups in total. The van der Waals surface area contributed by atoms with Crippen molar-refractivity contribution >= 4 is 39.8 Å². The molecule has 2 rings (SSSR count). The number of nitrogens with one attached hydrogen (secondary N) is 2. The van der Waals surface area contributed by atoms with Crippen molar-refractivity contribution in [2.75, 3.05) is 11.9 Å². The van der Waals surface area contributed by atoms with Crippen LogP contribution >= 0.6 is 23.1 Å². The fourth-order valence-corrected chi connectivity index (χ4v) is 3.46. The lowest BCUT2D eigenvalue weighted by atomic mass is 10.3. The zero-order valence-electron chi connectivity index (χ0n) is 11.6. The molecule has 0 fully saturated rings. The average Bonchev–Trinajstić information content (AvgIpc) is 2.86. The number of nitrogens with zero attached hydrogens (tertiary/aromatic N) is 2. The Balaban J connectivity index is 1.96. The van der Waals surface area contributed by atoms with Gasteiger partial charge in [0.2, 0.25) is 11.0 Å². The summed E-state index contributed by atoms with van der Waals surface area (Å²) in [5.41, 5.74) is 0.611. The van der Waals surface area contributed by atoms with Gasteiger partial charge in [-0.1, -0.05) is 29.2 Å². The number of aromatic nitrogens is 2. The number of halogens is 1. The molecule has 1 heterocycles. The summed E-state index contributed by atoms with van der Waals surface area (Å²) in [5.74, 6) is -0.346. The minimum Gasteiger partial charge on any atom is -0.355 e. The minimum absolute atomic E-state index is 0.0302. The Morgan fingerprint density at radius 3 is 3.00 bits per heavy atom. The first-order valence-corrected chi connectivity index (χ1v) is 8.08. The first-order valence-electron chi connectivity index (χ1n) is 6.39. The molecule has 112 valence electrons. The molecule has 5 nitrogen and oxygen atoms in total. The van der Waals surface area contributed by atoms with Crippen LogP contribution in [0.3, 0.4) is 0 Å². The third-order valence-corrected chi connectivity index (χ3v) is 4.50. The van der Waals surface area contributed by atoms with E-state index in [0.29, 0.717) is 21.7 Å². The van der Waals surface area contributed by atoms with Gasteiger partial charge in [0, 0.05) is 12.2 Å². The molecule has 1 atom stereocenters. The second-order valence-corrected chi connectivity index (χ2v) is 6.73. The summed E-state index contributed by atoms with van der Waals surface area (Å²) in [4.78, 5) is 11.6. The zero-order valence-corrected chi connectivity index (χ0v) is 13.2. The van der Waals surface area contributed by atoms with Crippen LogP contribution in [-0.4, -0.2) is 27.9 Å². The fourth-order valence-electron chi connectivity index (χ4n) is 1.52. The van der Waals surface area contributed by atoms with Gasteiger partial charge in [0.05, 0.1) is 5.25 Å². The molecule has 1 amide bonds. The van der Waals surface area contributed by atoms with Crippen molar-refractivity contribution in [2.24, 2.45) is 0 Å². The Bertz CT molecular complexity index is 620. The van der Waals surface area contributed by atoms with E-state index in [4.69, 9.17) is 0 Å². The highest BCUT2D eigenvalue weighted by Crippen LogP contribution is 2.30. The van der Waals surface area contributed by atoms with Crippen LogP contribution in [-0.2, 0) is 4.79 Å². The number of carbonyl (C=O) groups is 1. The molecule has 21 heavy (non-hydrogen) atoms. The van der Waals surface area contributed by atoms with E-state index in [1.807, 2.05) is 13.8 Å². The van der Waals surface area contributed by atoms with Gasteiger partial charge in [0.15, 0.2) is 4.34 Å². The summed E-state index contributed by atoms with van der Waals surface area (Å²) < 4.78 is 13.8. The maximum atomic E-state index is 13.1. The Kier molecular flexibility index (Phi) is 5.51. The van der Waals surface area contributed by atoms with Crippen molar-refractivity contribution in [3.8, 4) is 0 Å². The van der Waals surface area contributed by atoms with Crippen LogP contribution in [0, 0.1) is 5.82 Å². The summed E-state index contributed by atoms with van der Waals surface area (Å²) in [5, 5.41) is 14.1. The minimum atomic E-state index is -0.316. The molecule has 0 saturated heterocycles. The lowest BCUT2D eigenvalue weighted by Crippen LogP contribution is -2.30. The van der Waals surface area contributed by atoms with Gasteiger partial charge in [-0.15, -0.1) is 10.2 Å². The summed E-state index contributed by atoms with van der Waals surface area (Å²) in [6, 6.07) is 6.12. The lowest BCUT2D eigenvalue weighted by Gasteiger charge is -2.07. The maximum Gasteiger partial charge on any atom is 0.233 e. The molecular weight excluding hydrogens is 311 g/mol. The highest BCUT2D eigenvalue weighted by molar-refractivity contribution is 8.02. The van der Waals surface area contributed by atoms with Crippen molar-refractivity contribution < 1.29 is 9.18 Å². The third kappa shape index (κ3) is 4.68. The molecule has 0 bridgehead atoms. The maximum absolute atomic E-state index is 13.1. The molecule has 0 spiro atoms. The number of anilines is 2. The van der Waals surface area contributed by atoms with E-state index in [9.17, 15) is 9.18 Å². The number of amides is 1. The number of thioether (sulfide) groups is 1. The van der Waals surface area contributed by atoms with Gasteiger partial charge in [0.25, 0.3) is 0 Å². The number of carbonyl (C=O) groups excluding carboxylic acids is 1. The van der Waals surface area contributed by atoms with Gasteiger partial charge in [-0.2, -0.15) is 0 Å². The van der Waals surface area contributed by atoms with Crippen molar-refractivity contribution in [2.45, 2.75) is 23.4 Å². The van der Waals surface area contributed by atoms with Crippen LogP contribution in [0.25, 0.3) is 0 Å². The van der Waals surface area contributed by atoms with E-state index in [1.165, 1.54) is 35.2 Å². The van der Waals surface area contributed by atoms with Crippen LogP contribution < -0.4 is 10.6 Å². The SMILES string of the molecule is CCNC(=O)[C@@H](C)Sc1nnc(Nc2cccc(F)c2)s1. The van der Waals surface area contributed by atoms with Gasteiger partial charge in [0.1, 0.15) is 5.82 Å². The quantitative estimate of drug-likeness (QED) is 0.799. The van der Waals surface area contributed by atoms with Crippen LogP contribution in [0.5, 0.6) is 0 Å². The molecule has 0 saturated carbocycles. The number of hydrogen-bond acceptors (Lipinski definition) is 6.